The Labute approximate surface area is 85.6 Å². The lowest BCUT2D eigenvalue weighted by molar-refractivity contribution is -0.124. The first-order valence-corrected chi connectivity index (χ1v) is 4.91. The van der Waals surface area contributed by atoms with Gasteiger partial charge in [-0.1, -0.05) is 20.4 Å². The highest BCUT2D eigenvalue weighted by molar-refractivity contribution is 5.94. The van der Waals surface area contributed by atoms with E-state index in [1.54, 1.807) is 6.92 Å². The van der Waals surface area contributed by atoms with Crippen LogP contribution in [0, 0.1) is 5.92 Å². The van der Waals surface area contributed by atoms with Crippen LogP contribution in [0.15, 0.2) is 12.2 Å². The standard InChI is InChI=1S/C11H19NO2/c1-8(2)10(13)6-5-7-12-11(14)9(3)4/h9H,1,5-7H2,2-4H3,(H,12,14). The molecule has 0 aromatic heterocycles. The Balaban J connectivity index is 3.52. The van der Waals surface area contributed by atoms with E-state index in [0.717, 1.165) is 0 Å². The first kappa shape index (κ1) is 12.9. The predicted molar refractivity (Wildman–Crippen MR) is 56.9 cm³/mol. The van der Waals surface area contributed by atoms with Crippen LogP contribution in [-0.2, 0) is 9.59 Å². The van der Waals surface area contributed by atoms with Crippen molar-refractivity contribution in [3.05, 3.63) is 12.2 Å². The van der Waals surface area contributed by atoms with Gasteiger partial charge >= 0.3 is 0 Å². The van der Waals surface area contributed by atoms with Crippen LogP contribution in [0.3, 0.4) is 0 Å². The van der Waals surface area contributed by atoms with Crippen LogP contribution in [0.2, 0.25) is 0 Å². The highest BCUT2D eigenvalue weighted by atomic mass is 16.1. The number of hydrogen-bond donors (Lipinski definition) is 1. The lowest BCUT2D eigenvalue weighted by Gasteiger charge is -2.06. The van der Waals surface area contributed by atoms with Gasteiger partial charge in [0.1, 0.15) is 0 Å². The lowest BCUT2D eigenvalue weighted by atomic mass is 10.1. The second-order valence-corrected chi connectivity index (χ2v) is 3.75. The highest BCUT2D eigenvalue weighted by Gasteiger charge is 2.06. The molecule has 0 rings (SSSR count). The molecule has 0 saturated carbocycles. The van der Waals surface area contributed by atoms with Crippen LogP contribution >= 0.6 is 0 Å². The summed E-state index contributed by atoms with van der Waals surface area (Å²) in [5, 5.41) is 2.76. The zero-order valence-electron chi connectivity index (χ0n) is 9.22. The summed E-state index contributed by atoms with van der Waals surface area (Å²) >= 11 is 0. The summed E-state index contributed by atoms with van der Waals surface area (Å²) in [5.74, 6) is 0.114. The minimum Gasteiger partial charge on any atom is -0.356 e. The third kappa shape index (κ3) is 5.51. The molecule has 0 bridgehead atoms. The van der Waals surface area contributed by atoms with E-state index in [-0.39, 0.29) is 17.6 Å². The van der Waals surface area contributed by atoms with Crippen molar-refractivity contribution < 1.29 is 9.59 Å². The van der Waals surface area contributed by atoms with Crippen molar-refractivity contribution in [1.82, 2.24) is 5.32 Å². The molecule has 0 aromatic rings. The van der Waals surface area contributed by atoms with E-state index in [9.17, 15) is 9.59 Å². The third-order valence-corrected chi connectivity index (χ3v) is 1.88. The fourth-order valence-corrected chi connectivity index (χ4v) is 0.878. The van der Waals surface area contributed by atoms with Crippen molar-refractivity contribution in [2.45, 2.75) is 33.6 Å². The van der Waals surface area contributed by atoms with Gasteiger partial charge < -0.3 is 5.32 Å². The summed E-state index contributed by atoms with van der Waals surface area (Å²) in [6.45, 7) is 9.51. The number of carbonyl (C=O) groups is 2. The van der Waals surface area contributed by atoms with Gasteiger partial charge in [0, 0.05) is 18.9 Å². The molecule has 0 unspecified atom stereocenters. The van der Waals surface area contributed by atoms with Gasteiger partial charge in [0.25, 0.3) is 0 Å². The van der Waals surface area contributed by atoms with Crippen molar-refractivity contribution in [2.24, 2.45) is 5.92 Å². The second-order valence-electron chi connectivity index (χ2n) is 3.75. The maximum Gasteiger partial charge on any atom is 0.222 e. The Hall–Kier alpha value is -1.12. The fraction of sp³-hybridized carbons (Fsp3) is 0.636. The quantitative estimate of drug-likeness (QED) is 0.520. The van der Waals surface area contributed by atoms with Crippen LogP contribution in [-0.4, -0.2) is 18.2 Å². The number of hydrogen-bond acceptors (Lipinski definition) is 2. The van der Waals surface area contributed by atoms with E-state index in [2.05, 4.69) is 11.9 Å². The van der Waals surface area contributed by atoms with Crippen LogP contribution in [0.4, 0.5) is 0 Å². The largest absolute Gasteiger partial charge is 0.356 e. The molecular formula is C11H19NO2. The SMILES string of the molecule is C=C(C)C(=O)CCCNC(=O)C(C)C. The molecule has 0 fully saturated rings. The van der Waals surface area contributed by atoms with E-state index >= 15 is 0 Å². The van der Waals surface area contributed by atoms with Crippen molar-refractivity contribution >= 4 is 11.7 Å². The summed E-state index contributed by atoms with van der Waals surface area (Å²) in [5.41, 5.74) is 0.584. The maximum absolute atomic E-state index is 11.1. The van der Waals surface area contributed by atoms with Gasteiger partial charge in [-0.2, -0.15) is 0 Å². The van der Waals surface area contributed by atoms with Gasteiger partial charge in [-0.3, -0.25) is 9.59 Å². The normalized spacial score (nSPS) is 10.0. The molecule has 0 aliphatic heterocycles. The molecule has 1 N–H and O–H groups in total. The topological polar surface area (TPSA) is 46.2 Å². The van der Waals surface area contributed by atoms with Gasteiger partial charge in [0.05, 0.1) is 0 Å². The second kappa shape index (κ2) is 6.35. The Morgan fingerprint density at radius 3 is 2.36 bits per heavy atom. The number of amides is 1. The van der Waals surface area contributed by atoms with Gasteiger partial charge in [0.2, 0.25) is 5.91 Å². The molecule has 3 nitrogen and oxygen atoms in total. The molecule has 14 heavy (non-hydrogen) atoms. The molecule has 3 heteroatoms. The van der Waals surface area contributed by atoms with Crippen molar-refractivity contribution in [3.8, 4) is 0 Å². The molecule has 0 spiro atoms. The molecule has 0 atom stereocenters. The van der Waals surface area contributed by atoms with E-state index < -0.39 is 0 Å². The Kier molecular flexibility index (Phi) is 5.84. The average Bonchev–Trinajstić information content (AvgIpc) is 2.11. The summed E-state index contributed by atoms with van der Waals surface area (Å²) in [7, 11) is 0. The maximum atomic E-state index is 11.1. The molecule has 0 aliphatic carbocycles. The zero-order chi connectivity index (χ0) is 11.1. The third-order valence-electron chi connectivity index (χ3n) is 1.88. The number of carbonyl (C=O) groups excluding carboxylic acids is 2. The highest BCUT2D eigenvalue weighted by Crippen LogP contribution is 1.98. The molecule has 0 aliphatic rings. The van der Waals surface area contributed by atoms with Crippen LogP contribution in [0.25, 0.3) is 0 Å². The summed E-state index contributed by atoms with van der Waals surface area (Å²) in [6, 6.07) is 0. The Morgan fingerprint density at radius 2 is 1.93 bits per heavy atom. The van der Waals surface area contributed by atoms with Gasteiger partial charge in [0.15, 0.2) is 5.78 Å². The smallest absolute Gasteiger partial charge is 0.222 e. The van der Waals surface area contributed by atoms with Crippen molar-refractivity contribution in [3.63, 3.8) is 0 Å². The van der Waals surface area contributed by atoms with Crippen LogP contribution < -0.4 is 5.32 Å². The minimum atomic E-state index is 0.00634. The molecule has 0 heterocycles. The number of nitrogens with one attached hydrogen (secondary N) is 1. The van der Waals surface area contributed by atoms with E-state index in [0.29, 0.717) is 25.0 Å². The molecule has 0 aromatic carbocycles. The number of Topliss-reactive ketones (excluding diaryl/α,β-unsaturated/α-hetero) is 1. The molecule has 1 amide bonds. The summed E-state index contributed by atoms with van der Waals surface area (Å²) in [6.07, 6.45) is 1.15. The van der Waals surface area contributed by atoms with E-state index in [1.165, 1.54) is 0 Å². The van der Waals surface area contributed by atoms with Crippen LogP contribution in [0.5, 0.6) is 0 Å². The Bertz CT molecular complexity index is 231. The Morgan fingerprint density at radius 1 is 1.36 bits per heavy atom. The van der Waals surface area contributed by atoms with Gasteiger partial charge in [-0.05, 0) is 18.9 Å². The molecule has 0 radical (unpaired) electrons. The number of rotatable bonds is 6. The monoisotopic (exact) mass is 197 g/mol. The molecular weight excluding hydrogens is 178 g/mol. The lowest BCUT2D eigenvalue weighted by Crippen LogP contribution is -2.28. The average molecular weight is 197 g/mol. The number of allylic oxidation sites excluding steroid dienone is 1. The summed E-state index contributed by atoms with van der Waals surface area (Å²) in [4.78, 5) is 22.2. The van der Waals surface area contributed by atoms with Crippen molar-refractivity contribution in [1.29, 1.82) is 0 Å². The summed E-state index contributed by atoms with van der Waals surface area (Å²) < 4.78 is 0. The zero-order valence-corrected chi connectivity index (χ0v) is 9.22. The van der Waals surface area contributed by atoms with Crippen molar-refractivity contribution in [2.75, 3.05) is 6.54 Å². The van der Waals surface area contributed by atoms with E-state index in [1.807, 2.05) is 13.8 Å². The van der Waals surface area contributed by atoms with Crippen LogP contribution in [0.1, 0.15) is 33.6 Å². The van der Waals surface area contributed by atoms with Gasteiger partial charge in [-0.15, -0.1) is 0 Å². The first-order valence-electron chi connectivity index (χ1n) is 4.91. The van der Waals surface area contributed by atoms with Gasteiger partial charge in [-0.25, -0.2) is 0 Å². The van der Waals surface area contributed by atoms with E-state index in [4.69, 9.17) is 0 Å². The fourth-order valence-electron chi connectivity index (χ4n) is 0.878. The molecule has 0 saturated heterocycles. The minimum absolute atomic E-state index is 0.00634. The molecule has 80 valence electrons. The number of ketones is 1. The predicted octanol–water partition coefficient (Wildman–Crippen LogP) is 1.68. The first-order chi connectivity index (χ1) is 6.45.